The van der Waals surface area contributed by atoms with Crippen LogP contribution in [0.5, 0.6) is 0 Å². The van der Waals surface area contributed by atoms with Gasteiger partial charge in [-0.3, -0.25) is 9.59 Å². The Balaban J connectivity index is 1.87. The zero-order chi connectivity index (χ0) is 18.2. The molecule has 132 valence electrons. The molecule has 2 rings (SSSR count). The zero-order valence-corrected chi connectivity index (χ0v) is 15.3. The summed E-state index contributed by atoms with van der Waals surface area (Å²) in [6.45, 7) is 3.83. The lowest BCUT2D eigenvalue weighted by Crippen LogP contribution is -2.13. The Morgan fingerprint density at radius 3 is 2.40 bits per heavy atom. The molecule has 0 aromatic heterocycles. The Hall–Kier alpha value is -2.33. The first kappa shape index (κ1) is 19.0. The number of benzene rings is 2. The number of rotatable bonds is 7. The molecular weight excluding hydrogens is 336 g/mol. The standard InChI is InChI=1S/C20H23ClN2O2/c1-3-19(24)22-16-11-12-17(21)18(13-16)23-20(25)6-4-5-15-9-7-14(2)8-10-15/h7-13H,3-6H2,1-2H3,(H,22,24)(H,23,25). The first-order chi connectivity index (χ1) is 12.0. The molecule has 0 unspecified atom stereocenters. The van der Waals surface area contributed by atoms with Crippen LogP contribution in [0.3, 0.4) is 0 Å². The quantitative estimate of drug-likeness (QED) is 0.735. The van der Waals surface area contributed by atoms with Crippen molar-refractivity contribution in [3.63, 3.8) is 0 Å². The van der Waals surface area contributed by atoms with Crippen LogP contribution in [0, 0.1) is 6.92 Å². The molecule has 0 saturated carbocycles. The molecule has 0 aliphatic heterocycles. The minimum Gasteiger partial charge on any atom is -0.326 e. The molecule has 0 fully saturated rings. The number of nitrogens with one attached hydrogen (secondary N) is 2. The Bertz CT molecular complexity index is 742. The Morgan fingerprint density at radius 2 is 1.72 bits per heavy atom. The van der Waals surface area contributed by atoms with E-state index in [-0.39, 0.29) is 11.8 Å². The van der Waals surface area contributed by atoms with Crippen molar-refractivity contribution >= 4 is 34.8 Å². The van der Waals surface area contributed by atoms with E-state index in [9.17, 15) is 9.59 Å². The highest BCUT2D eigenvalue weighted by atomic mass is 35.5. The lowest BCUT2D eigenvalue weighted by Gasteiger charge is -2.10. The van der Waals surface area contributed by atoms with E-state index >= 15 is 0 Å². The van der Waals surface area contributed by atoms with Crippen LogP contribution in [0.25, 0.3) is 0 Å². The summed E-state index contributed by atoms with van der Waals surface area (Å²) in [6.07, 6.45) is 2.42. The van der Waals surface area contributed by atoms with Crippen LogP contribution in [-0.4, -0.2) is 11.8 Å². The molecule has 25 heavy (non-hydrogen) atoms. The predicted molar refractivity (Wildman–Crippen MR) is 103 cm³/mol. The van der Waals surface area contributed by atoms with Crippen molar-refractivity contribution in [1.82, 2.24) is 0 Å². The summed E-state index contributed by atoms with van der Waals surface area (Å²) in [5.74, 6) is -0.175. The van der Waals surface area contributed by atoms with Gasteiger partial charge in [-0.25, -0.2) is 0 Å². The second kappa shape index (κ2) is 9.23. The number of carbonyl (C=O) groups is 2. The Kier molecular flexibility index (Phi) is 7.02. The summed E-state index contributed by atoms with van der Waals surface area (Å²) in [4.78, 5) is 23.6. The second-order valence-electron chi connectivity index (χ2n) is 5.98. The fourth-order valence-corrected chi connectivity index (χ4v) is 2.53. The van der Waals surface area contributed by atoms with Crippen molar-refractivity contribution in [2.75, 3.05) is 10.6 Å². The number of aryl methyl sites for hydroxylation is 2. The third-order valence-electron chi connectivity index (χ3n) is 3.84. The summed E-state index contributed by atoms with van der Waals surface area (Å²) in [5, 5.41) is 6.01. The van der Waals surface area contributed by atoms with Gasteiger partial charge in [0.05, 0.1) is 10.7 Å². The van der Waals surface area contributed by atoms with Gasteiger partial charge >= 0.3 is 0 Å². The number of carbonyl (C=O) groups excluding carboxylic acids is 2. The number of hydrogen-bond donors (Lipinski definition) is 2. The molecule has 2 aromatic carbocycles. The summed E-state index contributed by atoms with van der Waals surface area (Å²) in [5.41, 5.74) is 3.58. The van der Waals surface area contributed by atoms with Crippen molar-refractivity contribution in [3.05, 3.63) is 58.6 Å². The lowest BCUT2D eigenvalue weighted by atomic mass is 10.1. The third-order valence-corrected chi connectivity index (χ3v) is 4.16. The molecule has 0 bridgehead atoms. The van der Waals surface area contributed by atoms with Gasteiger partial charge in [-0.15, -0.1) is 0 Å². The number of hydrogen-bond acceptors (Lipinski definition) is 2. The minimum absolute atomic E-state index is 0.0855. The molecule has 0 saturated heterocycles. The zero-order valence-electron chi connectivity index (χ0n) is 14.6. The van der Waals surface area contributed by atoms with Crippen molar-refractivity contribution in [2.45, 2.75) is 39.5 Å². The van der Waals surface area contributed by atoms with Crippen molar-refractivity contribution < 1.29 is 9.59 Å². The fourth-order valence-electron chi connectivity index (χ4n) is 2.37. The molecule has 4 nitrogen and oxygen atoms in total. The van der Waals surface area contributed by atoms with Crippen molar-refractivity contribution in [3.8, 4) is 0 Å². The van der Waals surface area contributed by atoms with E-state index in [2.05, 4.69) is 41.8 Å². The molecule has 2 aromatic rings. The highest BCUT2D eigenvalue weighted by Gasteiger charge is 2.08. The molecule has 0 aliphatic rings. The first-order valence-corrected chi connectivity index (χ1v) is 8.80. The van der Waals surface area contributed by atoms with E-state index in [4.69, 9.17) is 11.6 Å². The predicted octanol–water partition coefficient (Wildman–Crippen LogP) is 4.96. The molecule has 0 aliphatic carbocycles. The van der Waals surface area contributed by atoms with E-state index in [1.165, 1.54) is 11.1 Å². The van der Waals surface area contributed by atoms with Crippen LogP contribution in [0.1, 0.15) is 37.3 Å². The summed E-state index contributed by atoms with van der Waals surface area (Å²) < 4.78 is 0. The van der Waals surface area contributed by atoms with E-state index in [0.717, 1.165) is 12.8 Å². The summed E-state index contributed by atoms with van der Waals surface area (Å²) >= 11 is 6.13. The minimum atomic E-state index is -0.0898. The topological polar surface area (TPSA) is 58.2 Å². The van der Waals surface area contributed by atoms with Crippen LogP contribution in [0.4, 0.5) is 11.4 Å². The molecule has 0 radical (unpaired) electrons. The number of anilines is 2. The van der Waals surface area contributed by atoms with Gasteiger partial charge in [0.25, 0.3) is 0 Å². The summed E-state index contributed by atoms with van der Waals surface area (Å²) in [6, 6.07) is 13.4. The molecule has 5 heteroatoms. The maximum atomic E-state index is 12.1. The Labute approximate surface area is 153 Å². The molecule has 0 heterocycles. The maximum absolute atomic E-state index is 12.1. The summed E-state index contributed by atoms with van der Waals surface area (Å²) in [7, 11) is 0. The van der Waals surface area contributed by atoms with Gasteiger partial charge in [-0.2, -0.15) is 0 Å². The highest BCUT2D eigenvalue weighted by molar-refractivity contribution is 6.33. The van der Waals surface area contributed by atoms with Crippen LogP contribution in [0.2, 0.25) is 5.02 Å². The van der Waals surface area contributed by atoms with Gasteiger partial charge in [-0.05, 0) is 43.5 Å². The molecule has 2 N–H and O–H groups in total. The molecule has 2 amide bonds. The van der Waals surface area contributed by atoms with Gasteiger partial charge < -0.3 is 10.6 Å². The number of halogens is 1. The van der Waals surface area contributed by atoms with E-state index in [0.29, 0.717) is 29.2 Å². The normalized spacial score (nSPS) is 10.4. The Morgan fingerprint density at radius 1 is 1.00 bits per heavy atom. The van der Waals surface area contributed by atoms with Gasteiger partial charge in [0.1, 0.15) is 0 Å². The van der Waals surface area contributed by atoms with Gasteiger partial charge in [0.2, 0.25) is 11.8 Å². The van der Waals surface area contributed by atoms with Gasteiger partial charge in [-0.1, -0.05) is 48.4 Å². The van der Waals surface area contributed by atoms with E-state index in [1.807, 2.05) is 0 Å². The van der Waals surface area contributed by atoms with E-state index < -0.39 is 0 Å². The van der Waals surface area contributed by atoms with Crippen LogP contribution in [0.15, 0.2) is 42.5 Å². The smallest absolute Gasteiger partial charge is 0.224 e. The van der Waals surface area contributed by atoms with Crippen LogP contribution < -0.4 is 10.6 Å². The van der Waals surface area contributed by atoms with E-state index in [1.54, 1.807) is 25.1 Å². The first-order valence-electron chi connectivity index (χ1n) is 8.42. The maximum Gasteiger partial charge on any atom is 0.224 e. The monoisotopic (exact) mass is 358 g/mol. The van der Waals surface area contributed by atoms with Crippen molar-refractivity contribution in [2.24, 2.45) is 0 Å². The largest absolute Gasteiger partial charge is 0.326 e. The van der Waals surface area contributed by atoms with Crippen molar-refractivity contribution in [1.29, 1.82) is 0 Å². The number of amides is 2. The average Bonchev–Trinajstić information content (AvgIpc) is 2.59. The average molecular weight is 359 g/mol. The van der Waals surface area contributed by atoms with Gasteiger partial charge in [0.15, 0.2) is 0 Å². The highest BCUT2D eigenvalue weighted by Crippen LogP contribution is 2.26. The molecular formula is C20H23ClN2O2. The second-order valence-corrected chi connectivity index (χ2v) is 6.39. The molecule has 0 spiro atoms. The van der Waals surface area contributed by atoms with Gasteiger partial charge in [0, 0.05) is 18.5 Å². The molecule has 0 atom stereocenters. The third kappa shape index (κ3) is 6.24. The lowest BCUT2D eigenvalue weighted by molar-refractivity contribution is -0.116. The van der Waals surface area contributed by atoms with Crippen LogP contribution >= 0.6 is 11.6 Å². The van der Waals surface area contributed by atoms with Crippen LogP contribution in [-0.2, 0) is 16.0 Å². The fraction of sp³-hybridized carbons (Fsp3) is 0.300. The SMILES string of the molecule is CCC(=O)Nc1ccc(Cl)c(NC(=O)CCCc2ccc(C)cc2)c1.